The Balaban J connectivity index is 1.73. The molecule has 1 saturated heterocycles. The summed E-state index contributed by atoms with van der Waals surface area (Å²) in [6.45, 7) is 4.50. The van der Waals surface area contributed by atoms with Crippen molar-refractivity contribution in [3.63, 3.8) is 0 Å². The van der Waals surface area contributed by atoms with Crippen LogP contribution < -0.4 is 5.32 Å². The summed E-state index contributed by atoms with van der Waals surface area (Å²) in [5.74, 6) is 0.150. The number of amides is 1. The Bertz CT molecular complexity index is 611. The van der Waals surface area contributed by atoms with E-state index in [2.05, 4.69) is 34.3 Å². The lowest BCUT2D eigenvalue weighted by molar-refractivity contribution is -0.129. The second-order valence-corrected chi connectivity index (χ2v) is 6.30. The van der Waals surface area contributed by atoms with Crippen LogP contribution in [0.1, 0.15) is 18.2 Å². The molecule has 3 rings (SSSR count). The number of rotatable bonds is 4. The molecule has 0 spiro atoms. The monoisotopic (exact) mass is 301 g/mol. The zero-order valence-corrected chi connectivity index (χ0v) is 12.9. The number of hydrogen-bond donors (Lipinski definition) is 1. The fourth-order valence-corrected chi connectivity index (χ4v) is 3.63. The van der Waals surface area contributed by atoms with Crippen LogP contribution in [-0.2, 0) is 11.3 Å². The van der Waals surface area contributed by atoms with Gasteiger partial charge >= 0.3 is 0 Å². The Morgan fingerprint density at radius 3 is 2.95 bits per heavy atom. The van der Waals surface area contributed by atoms with Crippen LogP contribution in [0, 0.1) is 0 Å². The zero-order chi connectivity index (χ0) is 14.7. The van der Waals surface area contributed by atoms with Crippen LogP contribution >= 0.6 is 11.3 Å². The predicted molar refractivity (Wildman–Crippen MR) is 85.0 cm³/mol. The average Bonchev–Trinajstić information content (AvgIpc) is 2.97. The number of carbonyl (C=O) groups is 1. The van der Waals surface area contributed by atoms with Gasteiger partial charge in [-0.2, -0.15) is 0 Å². The Kier molecular flexibility index (Phi) is 4.31. The summed E-state index contributed by atoms with van der Waals surface area (Å²) >= 11 is 1.71. The maximum Gasteiger partial charge on any atom is 0.237 e. The molecule has 5 heteroatoms. The van der Waals surface area contributed by atoms with Crippen molar-refractivity contribution in [1.82, 2.24) is 15.2 Å². The van der Waals surface area contributed by atoms with E-state index in [9.17, 15) is 4.79 Å². The molecule has 1 N–H and O–H groups in total. The molecule has 1 fully saturated rings. The van der Waals surface area contributed by atoms with Crippen molar-refractivity contribution in [2.45, 2.75) is 25.9 Å². The molecule has 0 bridgehead atoms. The van der Waals surface area contributed by atoms with Gasteiger partial charge in [0.2, 0.25) is 5.91 Å². The van der Waals surface area contributed by atoms with Gasteiger partial charge in [-0.3, -0.25) is 9.69 Å². The van der Waals surface area contributed by atoms with Gasteiger partial charge in [0.1, 0.15) is 5.01 Å². The van der Waals surface area contributed by atoms with Crippen LogP contribution in [0.2, 0.25) is 0 Å². The van der Waals surface area contributed by atoms with E-state index in [1.807, 2.05) is 24.4 Å². The van der Waals surface area contributed by atoms with Crippen LogP contribution in [0.15, 0.2) is 36.5 Å². The quantitative estimate of drug-likeness (QED) is 0.944. The molecule has 1 atom stereocenters. The molecule has 1 aliphatic heterocycles. The molecular formula is C16H19N3OS. The number of hydrogen-bond acceptors (Lipinski definition) is 4. The average molecular weight is 301 g/mol. The van der Waals surface area contributed by atoms with Gasteiger partial charge < -0.3 is 5.32 Å². The largest absolute Gasteiger partial charge is 0.353 e. The van der Waals surface area contributed by atoms with Gasteiger partial charge in [0.25, 0.3) is 0 Å². The van der Waals surface area contributed by atoms with E-state index >= 15 is 0 Å². The van der Waals surface area contributed by atoms with E-state index in [0.29, 0.717) is 0 Å². The number of nitrogens with zero attached hydrogens (tertiary/aromatic N) is 2. The summed E-state index contributed by atoms with van der Waals surface area (Å²) in [5, 5.41) is 3.98. The summed E-state index contributed by atoms with van der Waals surface area (Å²) in [5.41, 5.74) is 1.15. The van der Waals surface area contributed by atoms with E-state index in [-0.39, 0.29) is 11.9 Å². The molecule has 0 aliphatic carbocycles. The van der Waals surface area contributed by atoms with Gasteiger partial charge in [0.05, 0.1) is 6.04 Å². The number of aromatic nitrogens is 1. The van der Waals surface area contributed by atoms with Crippen molar-refractivity contribution in [3.05, 3.63) is 41.4 Å². The van der Waals surface area contributed by atoms with Crippen molar-refractivity contribution in [2.75, 3.05) is 13.1 Å². The zero-order valence-electron chi connectivity index (χ0n) is 12.1. The highest BCUT2D eigenvalue weighted by atomic mass is 32.1. The van der Waals surface area contributed by atoms with E-state index in [4.69, 9.17) is 0 Å². The number of thiazole rings is 1. The maximum absolute atomic E-state index is 11.9. The Labute approximate surface area is 128 Å². The summed E-state index contributed by atoms with van der Waals surface area (Å²) in [7, 11) is 0. The highest BCUT2D eigenvalue weighted by Crippen LogP contribution is 2.26. The minimum absolute atomic E-state index is 0.0129. The Morgan fingerprint density at radius 1 is 1.38 bits per heavy atom. The predicted octanol–water partition coefficient (Wildman–Crippen LogP) is 2.52. The number of nitrogens with one attached hydrogen (secondary N) is 1. The topological polar surface area (TPSA) is 45.2 Å². The molecule has 1 amide bonds. The summed E-state index contributed by atoms with van der Waals surface area (Å²) in [6.07, 6.45) is 2.78. The molecule has 1 aliphatic rings. The Hall–Kier alpha value is -1.72. The molecule has 2 heterocycles. The summed E-state index contributed by atoms with van der Waals surface area (Å²) in [6, 6.07) is 10.2. The number of piperazine rings is 1. The minimum Gasteiger partial charge on any atom is -0.353 e. The first-order valence-corrected chi connectivity index (χ1v) is 8.11. The molecule has 0 unspecified atom stereocenters. The Morgan fingerprint density at radius 2 is 2.19 bits per heavy atom. The second-order valence-electron chi connectivity index (χ2n) is 5.18. The molecule has 2 aromatic rings. The highest BCUT2D eigenvalue weighted by Gasteiger charge is 2.28. The fraction of sp³-hybridized carbons (Fsp3) is 0.375. The van der Waals surface area contributed by atoms with Gasteiger partial charge in [-0.25, -0.2) is 4.98 Å². The smallest absolute Gasteiger partial charge is 0.237 e. The lowest BCUT2D eigenvalue weighted by Crippen LogP contribution is -2.54. The van der Waals surface area contributed by atoms with E-state index in [0.717, 1.165) is 36.6 Å². The first-order valence-electron chi connectivity index (χ1n) is 7.30. The number of benzene rings is 1. The third-order valence-electron chi connectivity index (χ3n) is 3.76. The van der Waals surface area contributed by atoms with Crippen LogP contribution in [0.4, 0.5) is 0 Å². The van der Waals surface area contributed by atoms with Gasteiger partial charge in [0, 0.05) is 36.3 Å². The van der Waals surface area contributed by atoms with Gasteiger partial charge in [-0.1, -0.05) is 37.3 Å². The van der Waals surface area contributed by atoms with E-state index < -0.39 is 0 Å². The van der Waals surface area contributed by atoms with Gasteiger partial charge in [-0.15, -0.1) is 11.3 Å². The highest BCUT2D eigenvalue weighted by molar-refractivity contribution is 7.15. The van der Waals surface area contributed by atoms with Gasteiger partial charge in [0.15, 0.2) is 0 Å². The molecule has 1 aromatic carbocycles. The molecule has 110 valence electrons. The molecule has 21 heavy (non-hydrogen) atoms. The van der Waals surface area contributed by atoms with Crippen molar-refractivity contribution in [2.24, 2.45) is 0 Å². The molecule has 1 aromatic heterocycles. The summed E-state index contributed by atoms with van der Waals surface area (Å²) in [4.78, 5) is 19.9. The minimum atomic E-state index is -0.0129. The van der Waals surface area contributed by atoms with Crippen molar-refractivity contribution >= 4 is 17.2 Å². The lowest BCUT2D eigenvalue weighted by Gasteiger charge is -2.33. The lowest BCUT2D eigenvalue weighted by atomic mass is 10.1. The van der Waals surface area contributed by atoms with Crippen LogP contribution in [0.25, 0.3) is 10.6 Å². The van der Waals surface area contributed by atoms with E-state index in [1.54, 1.807) is 11.3 Å². The van der Waals surface area contributed by atoms with Crippen molar-refractivity contribution in [1.29, 1.82) is 0 Å². The van der Waals surface area contributed by atoms with Crippen LogP contribution in [-0.4, -0.2) is 34.9 Å². The third kappa shape index (κ3) is 3.14. The molecule has 0 radical (unpaired) electrons. The molecular weight excluding hydrogens is 282 g/mol. The second kappa shape index (κ2) is 6.37. The summed E-state index contributed by atoms with van der Waals surface area (Å²) < 4.78 is 0. The normalized spacial score (nSPS) is 19.5. The van der Waals surface area contributed by atoms with Crippen molar-refractivity contribution in [3.8, 4) is 10.6 Å². The standard InChI is InChI=1S/C16H19N3OS/c1-2-14-15(20)17-8-9-19(14)11-13-10-18-16(21-13)12-6-4-3-5-7-12/h3-7,10,14H,2,8-9,11H2,1H3,(H,17,20)/t14-/m0/s1. The third-order valence-corrected chi connectivity index (χ3v) is 4.79. The fourth-order valence-electron chi connectivity index (χ4n) is 2.69. The number of carbonyl (C=O) groups excluding carboxylic acids is 1. The first kappa shape index (κ1) is 14.2. The van der Waals surface area contributed by atoms with Crippen LogP contribution in [0.5, 0.6) is 0 Å². The first-order chi connectivity index (χ1) is 10.3. The van der Waals surface area contributed by atoms with Crippen LogP contribution in [0.3, 0.4) is 0 Å². The van der Waals surface area contributed by atoms with Crippen molar-refractivity contribution < 1.29 is 4.79 Å². The SMILES string of the molecule is CC[C@H]1C(=O)NCCN1Cc1cnc(-c2ccccc2)s1. The van der Waals surface area contributed by atoms with E-state index in [1.165, 1.54) is 4.88 Å². The maximum atomic E-state index is 11.9. The molecule has 4 nitrogen and oxygen atoms in total. The molecule has 0 saturated carbocycles. The van der Waals surface area contributed by atoms with Gasteiger partial charge in [-0.05, 0) is 6.42 Å².